The van der Waals surface area contributed by atoms with E-state index in [4.69, 9.17) is 15.7 Å². The number of anilines is 1. The molecule has 0 radical (unpaired) electrons. The number of nitriles is 1. The number of hydrogen-bond donors (Lipinski definition) is 1. The third-order valence-corrected chi connectivity index (χ3v) is 1.68. The summed E-state index contributed by atoms with van der Waals surface area (Å²) in [6.45, 7) is 0.304. The molecule has 0 heterocycles. The Morgan fingerprint density at radius 3 is 2.93 bits per heavy atom. The molecule has 0 unspecified atom stereocenters. The summed E-state index contributed by atoms with van der Waals surface area (Å²) in [7, 11) is 0. The van der Waals surface area contributed by atoms with Crippen molar-refractivity contribution in [2.75, 3.05) is 12.3 Å². The first-order chi connectivity index (χ1) is 6.75. The molecule has 0 saturated carbocycles. The van der Waals surface area contributed by atoms with Gasteiger partial charge in [-0.15, -0.1) is 0 Å². The van der Waals surface area contributed by atoms with Gasteiger partial charge in [0.2, 0.25) is 0 Å². The van der Waals surface area contributed by atoms with E-state index in [-0.39, 0.29) is 11.4 Å². The van der Waals surface area contributed by atoms with Crippen LogP contribution in [0.4, 0.5) is 10.1 Å². The van der Waals surface area contributed by atoms with E-state index in [1.54, 1.807) is 6.07 Å². The summed E-state index contributed by atoms with van der Waals surface area (Å²) in [6.07, 6.45) is 0.971. The molecular weight excluding hydrogens is 183 g/mol. The normalized spacial score (nSPS) is 9.43. The van der Waals surface area contributed by atoms with E-state index in [0.29, 0.717) is 19.4 Å². The number of nitrogens with zero attached hydrogens (tertiary/aromatic N) is 1. The molecule has 0 amide bonds. The third kappa shape index (κ3) is 2.63. The van der Waals surface area contributed by atoms with Crippen LogP contribution >= 0.6 is 0 Å². The van der Waals surface area contributed by atoms with Gasteiger partial charge in [0.05, 0.1) is 18.4 Å². The molecule has 3 nitrogen and oxygen atoms in total. The van der Waals surface area contributed by atoms with Crippen molar-refractivity contribution in [3.8, 4) is 11.8 Å². The van der Waals surface area contributed by atoms with Crippen molar-refractivity contribution < 1.29 is 9.13 Å². The highest BCUT2D eigenvalue weighted by molar-refractivity contribution is 5.52. The highest BCUT2D eigenvalue weighted by Crippen LogP contribution is 2.24. The van der Waals surface area contributed by atoms with Crippen LogP contribution in [-0.4, -0.2) is 6.61 Å². The van der Waals surface area contributed by atoms with E-state index in [1.807, 2.05) is 6.07 Å². The summed E-state index contributed by atoms with van der Waals surface area (Å²) in [6, 6.07) is 6.36. The number of unbranched alkanes of at least 4 members (excludes halogenated alkanes) is 1. The largest absolute Gasteiger partial charge is 0.488 e. The Morgan fingerprint density at radius 2 is 2.29 bits per heavy atom. The summed E-state index contributed by atoms with van der Waals surface area (Å²) >= 11 is 0. The van der Waals surface area contributed by atoms with Gasteiger partial charge in [0.1, 0.15) is 0 Å². The second kappa shape index (κ2) is 5.07. The summed E-state index contributed by atoms with van der Waals surface area (Å²) in [5, 5.41) is 8.27. The number of hydrogen-bond acceptors (Lipinski definition) is 3. The van der Waals surface area contributed by atoms with Gasteiger partial charge in [-0.05, 0) is 18.6 Å². The molecule has 0 aliphatic heterocycles. The Bertz CT molecular complexity index is 326. The highest BCUT2D eigenvalue weighted by Gasteiger charge is 2.06. The maximum absolute atomic E-state index is 13.1. The molecule has 1 aromatic rings. The van der Waals surface area contributed by atoms with Gasteiger partial charge in [-0.1, -0.05) is 6.07 Å². The van der Waals surface area contributed by atoms with Gasteiger partial charge in [-0.3, -0.25) is 0 Å². The highest BCUT2D eigenvalue weighted by atomic mass is 19.1. The van der Waals surface area contributed by atoms with Crippen LogP contribution in [0.3, 0.4) is 0 Å². The van der Waals surface area contributed by atoms with Gasteiger partial charge in [0.15, 0.2) is 11.6 Å². The second-order valence-electron chi connectivity index (χ2n) is 2.77. The van der Waals surface area contributed by atoms with Crippen molar-refractivity contribution in [1.82, 2.24) is 0 Å². The molecule has 0 aliphatic rings. The molecule has 14 heavy (non-hydrogen) atoms. The fourth-order valence-electron chi connectivity index (χ4n) is 1.00. The molecule has 0 fully saturated rings. The van der Waals surface area contributed by atoms with Crippen LogP contribution in [0.25, 0.3) is 0 Å². The van der Waals surface area contributed by atoms with Crippen LogP contribution in [0, 0.1) is 17.1 Å². The summed E-state index contributed by atoms with van der Waals surface area (Å²) in [4.78, 5) is 0. The summed E-state index contributed by atoms with van der Waals surface area (Å²) in [5.74, 6) is -0.396. The van der Waals surface area contributed by atoms with E-state index < -0.39 is 5.82 Å². The molecule has 0 saturated heterocycles. The molecule has 1 aromatic carbocycles. The Kier molecular flexibility index (Phi) is 3.74. The number of halogens is 1. The monoisotopic (exact) mass is 194 g/mol. The molecule has 0 atom stereocenters. The van der Waals surface area contributed by atoms with Crippen molar-refractivity contribution in [3.05, 3.63) is 24.0 Å². The molecule has 4 heteroatoms. The van der Waals surface area contributed by atoms with Crippen LogP contribution in [0.15, 0.2) is 18.2 Å². The van der Waals surface area contributed by atoms with Crippen molar-refractivity contribution in [3.63, 3.8) is 0 Å². The fourth-order valence-corrected chi connectivity index (χ4v) is 1.00. The number of ether oxygens (including phenoxy) is 1. The van der Waals surface area contributed by atoms with Crippen LogP contribution in [0.1, 0.15) is 12.8 Å². The van der Waals surface area contributed by atoms with Gasteiger partial charge >= 0.3 is 0 Å². The van der Waals surface area contributed by atoms with Crippen LogP contribution in [0.5, 0.6) is 5.75 Å². The number of para-hydroxylation sites is 1. The van der Waals surface area contributed by atoms with E-state index in [0.717, 1.165) is 0 Å². The first kappa shape index (κ1) is 10.3. The van der Waals surface area contributed by atoms with Gasteiger partial charge < -0.3 is 10.5 Å². The minimum Gasteiger partial charge on any atom is -0.488 e. The molecule has 2 N–H and O–H groups in total. The predicted molar refractivity (Wildman–Crippen MR) is 51.2 cm³/mol. The number of nitrogen functional groups attached to an aromatic ring is 1. The van der Waals surface area contributed by atoms with E-state index in [2.05, 4.69) is 0 Å². The molecule has 74 valence electrons. The van der Waals surface area contributed by atoms with Crippen molar-refractivity contribution in [2.45, 2.75) is 12.8 Å². The average Bonchev–Trinajstić information content (AvgIpc) is 2.16. The molecule has 0 aliphatic carbocycles. The SMILES string of the molecule is N#CCCCOc1c(N)cccc1F. The summed E-state index contributed by atoms with van der Waals surface area (Å²) in [5.41, 5.74) is 5.79. The van der Waals surface area contributed by atoms with Crippen molar-refractivity contribution in [1.29, 1.82) is 5.26 Å². The number of benzene rings is 1. The van der Waals surface area contributed by atoms with E-state index in [1.165, 1.54) is 12.1 Å². The first-order valence-corrected chi connectivity index (χ1v) is 4.29. The lowest BCUT2D eigenvalue weighted by molar-refractivity contribution is 0.299. The zero-order valence-corrected chi connectivity index (χ0v) is 7.66. The van der Waals surface area contributed by atoms with Crippen LogP contribution in [0.2, 0.25) is 0 Å². The maximum Gasteiger partial charge on any atom is 0.177 e. The van der Waals surface area contributed by atoms with Gasteiger partial charge in [-0.25, -0.2) is 4.39 Å². The minimum absolute atomic E-state index is 0.0745. The lowest BCUT2D eigenvalue weighted by atomic mass is 10.3. The first-order valence-electron chi connectivity index (χ1n) is 4.29. The Labute approximate surface area is 81.9 Å². The average molecular weight is 194 g/mol. The van der Waals surface area contributed by atoms with E-state index >= 15 is 0 Å². The smallest absolute Gasteiger partial charge is 0.177 e. The van der Waals surface area contributed by atoms with Crippen molar-refractivity contribution in [2.24, 2.45) is 0 Å². The molecule has 1 rings (SSSR count). The van der Waals surface area contributed by atoms with Gasteiger partial charge in [0, 0.05) is 6.42 Å². The lowest BCUT2D eigenvalue weighted by Crippen LogP contribution is -2.02. The topological polar surface area (TPSA) is 59.0 Å². The molecule has 0 spiro atoms. The quantitative estimate of drug-likeness (QED) is 0.589. The number of nitrogens with two attached hydrogens (primary N) is 1. The predicted octanol–water partition coefficient (Wildman–Crippen LogP) is 2.09. The van der Waals surface area contributed by atoms with Crippen LogP contribution in [-0.2, 0) is 0 Å². The van der Waals surface area contributed by atoms with Gasteiger partial charge in [0.25, 0.3) is 0 Å². The molecular formula is C10H11FN2O. The van der Waals surface area contributed by atoms with Crippen molar-refractivity contribution >= 4 is 5.69 Å². The summed E-state index contributed by atoms with van der Waals surface area (Å²) < 4.78 is 18.2. The molecule has 0 bridgehead atoms. The maximum atomic E-state index is 13.1. The standard InChI is InChI=1S/C10H11FN2O/c11-8-4-3-5-9(13)10(8)14-7-2-1-6-12/h3-5H,1-2,7,13H2. The van der Waals surface area contributed by atoms with E-state index in [9.17, 15) is 4.39 Å². The van der Waals surface area contributed by atoms with Gasteiger partial charge in [-0.2, -0.15) is 5.26 Å². The Morgan fingerprint density at radius 1 is 1.50 bits per heavy atom. The molecule has 0 aromatic heterocycles. The Balaban J connectivity index is 2.54. The minimum atomic E-state index is -0.470. The van der Waals surface area contributed by atoms with Crippen LogP contribution < -0.4 is 10.5 Å². The number of rotatable bonds is 4. The lowest BCUT2D eigenvalue weighted by Gasteiger charge is -2.08. The second-order valence-corrected chi connectivity index (χ2v) is 2.77. The zero-order chi connectivity index (χ0) is 10.4. The fraction of sp³-hybridized carbons (Fsp3) is 0.300. The zero-order valence-electron chi connectivity index (χ0n) is 7.66. The Hall–Kier alpha value is -1.76. The third-order valence-electron chi connectivity index (χ3n) is 1.68.